The molecule has 0 heterocycles. The smallest absolute Gasteiger partial charge is 0.151 e. The van der Waals surface area contributed by atoms with Gasteiger partial charge < -0.3 is 0 Å². The fourth-order valence-corrected chi connectivity index (χ4v) is 6.66. The van der Waals surface area contributed by atoms with Crippen molar-refractivity contribution in [1.29, 1.82) is 0 Å². The maximum absolute atomic E-state index is 4.61. The van der Waals surface area contributed by atoms with E-state index in [9.17, 15) is 0 Å². The summed E-state index contributed by atoms with van der Waals surface area (Å²) in [5, 5.41) is 27.3. The van der Waals surface area contributed by atoms with E-state index in [0.717, 1.165) is 67.5 Å². The first-order valence-electron chi connectivity index (χ1n) is 16.5. The van der Waals surface area contributed by atoms with E-state index in [1.165, 1.54) is 16.4 Å². The standard InChI is InChI=1S/C42H39BN6/c1-28-22-37(47-44-34-16-10-7-11-17-34)23-29(2)40(28)43(41-30(3)24-38(25-31(41)4)48-45-35-18-12-8-13-19-35)42-32(5)26-39(27-33(42)6)49-46-36-20-14-9-15-21-36/h7-27H,1-6H3. The molecule has 0 amide bonds. The molecule has 0 aromatic heterocycles. The van der Waals surface area contributed by atoms with Gasteiger partial charge in [-0.3, -0.25) is 0 Å². The lowest BCUT2D eigenvalue weighted by atomic mass is 9.33. The Hall–Kier alpha value is -5.82. The van der Waals surface area contributed by atoms with Gasteiger partial charge in [-0.15, -0.1) is 0 Å². The van der Waals surface area contributed by atoms with Gasteiger partial charge in [-0.1, -0.05) is 104 Å². The Morgan fingerprint density at radius 1 is 0.286 bits per heavy atom. The van der Waals surface area contributed by atoms with Crippen LogP contribution in [0, 0.1) is 41.5 Å². The molecule has 6 aromatic carbocycles. The fraction of sp³-hybridized carbons (Fsp3) is 0.143. The Kier molecular flexibility index (Phi) is 10.1. The summed E-state index contributed by atoms with van der Waals surface area (Å²) in [4.78, 5) is 0. The third-order valence-corrected chi connectivity index (χ3v) is 8.71. The van der Waals surface area contributed by atoms with Crippen LogP contribution in [0.5, 0.6) is 0 Å². The minimum absolute atomic E-state index is 0.0414. The van der Waals surface area contributed by atoms with Gasteiger partial charge in [-0.05, 0) is 114 Å². The van der Waals surface area contributed by atoms with Gasteiger partial charge in [0.1, 0.15) is 0 Å². The third-order valence-electron chi connectivity index (χ3n) is 8.71. The van der Waals surface area contributed by atoms with Crippen LogP contribution in [0.15, 0.2) is 158 Å². The molecule has 0 spiro atoms. The second kappa shape index (κ2) is 14.9. The van der Waals surface area contributed by atoms with Crippen LogP contribution in [-0.4, -0.2) is 6.71 Å². The van der Waals surface area contributed by atoms with Crippen molar-refractivity contribution in [2.24, 2.45) is 30.7 Å². The molecule has 240 valence electrons. The molecule has 0 aliphatic carbocycles. The topological polar surface area (TPSA) is 74.2 Å². The van der Waals surface area contributed by atoms with Gasteiger partial charge in [0.15, 0.2) is 0 Å². The summed E-state index contributed by atoms with van der Waals surface area (Å²) in [5.74, 6) is 0. The summed E-state index contributed by atoms with van der Waals surface area (Å²) in [6.45, 7) is 13.0. The summed E-state index contributed by atoms with van der Waals surface area (Å²) >= 11 is 0. The van der Waals surface area contributed by atoms with Crippen molar-refractivity contribution in [3.63, 3.8) is 0 Å². The summed E-state index contributed by atoms with van der Waals surface area (Å²) in [7, 11) is 0. The summed E-state index contributed by atoms with van der Waals surface area (Å²) in [6.07, 6.45) is 0. The Morgan fingerprint density at radius 3 is 0.714 bits per heavy atom. The summed E-state index contributed by atoms with van der Waals surface area (Å²) < 4.78 is 0. The van der Waals surface area contributed by atoms with Crippen LogP contribution in [0.1, 0.15) is 33.4 Å². The fourth-order valence-electron chi connectivity index (χ4n) is 6.66. The Morgan fingerprint density at radius 2 is 0.490 bits per heavy atom. The van der Waals surface area contributed by atoms with E-state index in [0.29, 0.717) is 0 Å². The molecule has 49 heavy (non-hydrogen) atoms. The number of aryl methyl sites for hydroxylation is 6. The molecule has 6 nitrogen and oxygen atoms in total. The van der Waals surface area contributed by atoms with Crippen molar-refractivity contribution in [3.8, 4) is 0 Å². The number of hydrogen-bond acceptors (Lipinski definition) is 6. The number of azo groups is 3. The molecule has 0 aliphatic heterocycles. The van der Waals surface area contributed by atoms with Gasteiger partial charge in [0, 0.05) is 0 Å². The van der Waals surface area contributed by atoms with E-state index in [1.807, 2.05) is 91.0 Å². The lowest BCUT2D eigenvalue weighted by Crippen LogP contribution is -2.57. The highest BCUT2D eigenvalue weighted by atomic mass is 15.1. The van der Waals surface area contributed by atoms with Crippen molar-refractivity contribution in [2.45, 2.75) is 41.5 Å². The van der Waals surface area contributed by atoms with Crippen LogP contribution in [0.3, 0.4) is 0 Å². The molecule has 0 saturated heterocycles. The molecule has 0 fully saturated rings. The molecular weight excluding hydrogens is 599 g/mol. The molecule has 6 aromatic rings. The SMILES string of the molecule is Cc1cc(N=Nc2ccccc2)cc(C)c1B(c1c(C)cc(N=Nc2ccccc2)cc1C)c1c(C)cc(N=Nc2ccccc2)cc1C. The van der Waals surface area contributed by atoms with Crippen LogP contribution in [0.2, 0.25) is 0 Å². The van der Waals surface area contributed by atoms with E-state index >= 15 is 0 Å². The molecule has 0 aliphatic rings. The van der Waals surface area contributed by atoms with Gasteiger partial charge in [0.05, 0.1) is 34.1 Å². The average molecular weight is 639 g/mol. The van der Waals surface area contributed by atoms with Gasteiger partial charge in [-0.25, -0.2) is 0 Å². The predicted molar refractivity (Wildman–Crippen MR) is 204 cm³/mol. The normalized spacial score (nSPS) is 11.6. The molecule has 0 saturated carbocycles. The zero-order valence-electron chi connectivity index (χ0n) is 28.9. The minimum atomic E-state index is -0.0414. The second-order valence-corrected chi connectivity index (χ2v) is 12.5. The molecule has 0 N–H and O–H groups in total. The lowest BCUT2D eigenvalue weighted by molar-refractivity contribution is 1.21. The Balaban J connectivity index is 1.47. The quantitative estimate of drug-likeness (QED) is 0.112. The van der Waals surface area contributed by atoms with Crippen molar-refractivity contribution < 1.29 is 0 Å². The molecule has 0 radical (unpaired) electrons. The minimum Gasteiger partial charge on any atom is -0.151 e. The van der Waals surface area contributed by atoms with Crippen LogP contribution in [0.4, 0.5) is 34.1 Å². The van der Waals surface area contributed by atoms with Gasteiger partial charge in [-0.2, -0.15) is 30.7 Å². The molecule has 6 rings (SSSR count). The first kappa shape index (κ1) is 33.1. The van der Waals surface area contributed by atoms with Crippen molar-refractivity contribution >= 4 is 57.2 Å². The number of hydrogen-bond donors (Lipinski definition) is 0. The number of rotatable bonds is 9. The van der Waals surface area contributed by atoms with Crippen LogP contribution < -0.4 is 16.4 Å². The van der Waals surface area contributed by atoms with E-state index < -0.39 is 0 Å². The predicted octanol–water partition coefficient (Wildman–Crippen LogP) is 11.3. The van der Waals surface area contributed by atoms with E-state index in [1.54, 1.807) is 0 Å². The van der Waals surface area contributed by atoms with Gasteiger partial charge in [0.2, 0.25) is 6.71 Å². The molecular formula is C42H39BN6. The van der Waals surface area contributed by atoms with Crippen LogP contribution >= 0.6 is 0 Å². The summed E-state index contributed by atoms with van der Waals surface area (Å²) in [6, 6.07) is 42.3. The zero-order valence-corrected chi connectivity index (χ0v) is 28.9. The molecule has 7 heteroatoms. The Labute approximate surface area is 289 Å². The van der Waals surface area contributed by atoms with Crippen molar-refractivity contribution in [1.82, 2.24) is 0 Å². The Bertz CT molecular complexity index is 1860. The molecule has 0 unspecified atom stereocenters. The monoisotopic (exact) mass is 638 g/mol. The van der Waals surface area contributed by atoms with Gasteiger partial charge >= 0.3 is 0 Å². The van der Waals surface area contributed by atoms with E-state index in [2.05, 4.69) is 109 Å². The lowest BCUT2D eigenvalue weighted by Gasteiger charge is -2.27. The van der Waals surface area contributed by atoms with E-state index in [4.69, 9.17) is 0 Å². The average Bonchev–Trinajstić information content (AvgIpc) is 3.09. The van der Waals surface area contributed by atoms with Crippen LogP contribution in [-0.2, 0) is 0 Å². The van der Waals surface area contributed by atoms with Crippen molar-refractivity contribution in [3.05, 3.63) is 161 Å². The molecule has 0 atom stereocenters. The zero-order chi connectivity index (χ0) is 34.3. The number of benzene rings is 6. The first-order chi connectivity index (χ1) is 23.8. The van der Waals surface area contributed by atoms with E-state index in [-0.39, 0.29) is 6.71 Å². The highest BCUT2D eigenvalue weighted by Gasteiger charge is 2.31. The highest BCUT2D eigenvalue weighted by Crippen LogP contribution is 2.26. The second-order valence-electron chi connectivity index (χ2n) is 12.5. The maximum atomic E-state index is 4.61. The summed E-state index contributed by atoms with van der Waals surface area (Å²) in [5.41, 5.74) is 15.7. The van der Waals surface area contributed by atoms with Crippen LogP contribution in [0.25, 0.3) is 0 Å². The third kappa shape index (κ3) is 7.84. The largest absolute Gasteiger partial charge is 0.243 e. The van der Waals surface area contributed by atoms with Gasteiger partial charge in [0.25, 0.3) is 0 Å². The van der Waals surface area contributed by atoms with Crippen molar-refractivity contribution in [2.75, 3.05) is 0 Å². The highest BCUT2D eigenvalue weighted by molar-refractivity contribution is 6.97. The first-order valence-corrected chi connectivity index (χ1v) is 16.5. The number of nitrogens with zero attached hydrogens (tertiary/aromatic N) is 6. The maximum Gasteiger partial charge on any atom is 0.243 e. The molecule has 0 bridgehead atoms.